The monoisotopic (exact) mass is 572 g/mol. The zero-order valence-corrected chi connectivity index (χ0v) is 20.2. The van der Waals surface area contributed by atoms with Gasteiger partial charge in [-0.25, -0.2) is 37.3 Å². The first-order valence-electron chi connectivity index (χ1n) is 8.63. The van der Waals surface area contributed by atoms with E-state index < -0.39 is 20.5 Å². The van der Waals surface area contributed by atoms with E-state index in [-0.39, 0.29) is 16.5 Å². The molecule has 0 aromatic carbocycles. The summed E-state index contributed by atoms with van der Waals surface area (Å²) in [5, 5.41) is 0. The van der Waals surface area contributed by atoms with Gasteiger partial charge in [0.2, 0.25) is 0 Å². The molecule has 0 saturated carbocycles. The van der Waals surface area contributed by atoms with Crippen molar-refractivity contribution in [1.29, 1.82) is 0 Å². The molecule has 0 spiro atoms. The summed E-state index contributed by atoms with van der Waals surface area (Å²) in [4.78, 5) is 15.1. The molecule has 0 amide bonds. The van der Waals surface area contributed by atoms with Gasteiger partial charge in [-0.2, -0.15) is 0 Å². The molecule has 0 aliphatic rings. The van der Waals surface area contributed by atoms with Crippen LogP contribution < -0.4 is 37.3 Å². The van der Waals surface area contributed by atoms with Gasteiger partial charge in [0.1, 0.15) is 0 Å². The average Bonchev–Trinajstić information content (AvgIpc) is 2.83. The molecule has 192 valence electrons. The summed E-state index contributed by atoms with van der Waals surface area (Å²) in [5.41, 5.74) is 0. The Balaban J connectivity index is -0.000000350. The normalized spacial score (nSPS) is 8.91. The van der Waals surface area contributed by atoms with Crippen molar-refractivity contribution in [3.05, 3.63) is 122 Å². The summed E-state index contributed by atoms with van der Waals surface area (Å²) in [6.07, 6.45) is 14.0. The van der Waals surface area contributed by atoms with E-state index in [1.807, 2.05) is 72.8 Å². The van der Waals surface area contributed by atoms with Crippen molar-refractivity contribution in [2.24, 2.45) is 0 Å². The molecule has 35 heavy (non-hydrogen) atoms. The minimum atomic E-state index is -4.94. The first-order valence-corrected chi connectivity index (χ1v) is 11.1. The van der Waals surface area contributed by atoms with Crippen LogP contribution in [0.4, 0.5) is 0 Å². The van der Waals surface area contributed by atoms with Gasteiger partial charge >= 0.3 is 16.5 Å². The van der Waals surface area contributed by atoms with Crippen LogP contribution in [-0.2, 0) is 16.5 Å². The molecule has 0 aliphatic carbocycles. The molecule has 0 radical (unpaired) electrons. The molecule has 0 saturated heterocycles. The third-order valence-corrected chi connectivity index (χ3v) is 2.27. The van der Waals surface area contributed by atoms with Crippen molar-refractivity contribution in [3.63, 3.8) is 0 Å². The first kappa shape index (κ1) is 36.9. The van der Waals surface area contributed by atoms with E-state index in [9.17, 15) is 0 Å². The molecule has 0 aliphatic heterocycles. The molecule has 15 heteroatoms. The molecule has 0 bridgehead atoms. The molecule has 4 aromatic rings. The predicted molar refractivity (Wildman–Crippen MR) is 96.9 cm³/mol. The van der Waals surface area contributed by atoms with Gasteiger partial charge in [-0.1, -0.05) is 24.3 Å². The summed E-state index contributed by atoms with van der Waals surface area (Å²) in [6, 6.07) is 22.9. The minimum absolute atomic E-state index is 0. The Morgan fingerprint density at radius 1 is 0.286 bits per heavy atom. The van der Waals surface area contributed by atoms with Crippen molar-refractivity contribution in [2.75, 3.05) is 0 Å². The molecule has 0 fully saturated rings. The second-order valence-corrected chi connectivity index (χ2v) is 6.37. The maximum absolute atomic E-state index is 8.49. The Morgan fingerprint density at radius 2 is 0.400 bits per heavy atom. The molecule has 4 rings (SSSR count). The van der Waals surface area contributed by atoms with Crippen LogP contribution in [-0.4, -0.2) is 19.9 Å². The van der Waals surface area contributed by atoms with Crippen LogP contribution >= 0.6 is 0 Å². The van der Waals surface area contributed by atoms with Gasteiger partial charge in [-0.3, -0.25) is 19.9 Å². The van der Waals surface area contributed by atoms with Crippen LogP contribution in [0.3, 0.4) is 0 Å². The fourth-order valence-electron chi connectivity index (χ4n) is 1.25. The van der Waals surface area contributed by atoms with Crippen molar-refractivity contribution in [1.82, 2.24) is 19.9 Å². The number of aromatic nitrogens is 4. The third-order valence-electron chi connectivity index (χ3n) is 2.27. The van der Waals surface area contributed by atoms with E-state index in [0.717, 1.165) is 0 Å². The molecule has 0 atom stereocenters. The van der Waals surface area contributed by atoms with E-state index in [0.29, 0.717) is 0 Å². The van der Waals surface area contributed by atoms with Gasteiger partial charge in [0.25, 0.3) is 0 Å². The maximum Gasteiger partial charge on any atom is 2.00 e. The fourth-order valence-corrected chi connectivity index (χ4v) is 1.25. The Labute approximate surface area is 216 Å². The SMILES string of the molecule is [Ni+2].[O-][Cl+3]([O-])([O-])[O-].[O-][Cl+3]([O-])([O-])[O-].c1ccncc1.c1ccncc1.c1ccncc1.c1ccncc1. The van der Waals surface area contributed by atoms with Crippen LogP contribution in [0.2, 0.25) is 0 Å². The molecule has 4 heterocycles. The topological polar surface area (TPSA) is 236 Å². The Kier molecular flexibility index (Phi) is 27.4. The second-order valence-electron chi connectivity index (χ2n) is 4.85. The minimum Gasteiger partial charge on any atom is -0.265 e. The Bertz CT molecular complexity index is 611. The second kappa shape index (κ2) is 26.0. The van der Waals surface area contributed by atoms with E-state index in [1.54, 1.807) is 49.6 Å². The zero-order valence-electron chi connectivity index (χ0n) is 17.7. The largest absolute Gasteiger partial charge is 2.00 e. The summed E-state index contributed by atoms with van der Waals surface area (Å²) < 4.78 is 67.9. The van der Waals surface area contributed by atoms with E-state index in [4.69, 9.17) is 37.3 Å². The molecular weight excluding hydrogens is 554 g/mol. The maximum atomic E-state index is 8.49. The Hall–Kier alpha value is -2.65. The van der Waals surface area contributed by atoms with E-state index in [1.165, 1.54) is 0 Å². The van der Waals surface area contributed by atoms with Gasteiger partial charge in [-0.05, 0) is 48.5 Å². The summed E-state index contributed by atoms with van der Waals surface area (Å²) in [6.45, 7) is 0. The number of halogens is 2. The number of hydrogen-bond donors (Lipinski definition) is 0. The van der Waals surface area contributed by atoms with Crippen molar-refractivity contribution in [3.8, 4) is 0 Å². The average molecular weight is 574 g/mol. The standard InChI is InChI=1S/4C5H5N.2ClHO4.Ni/c4*1-2-4-6-5-3-1;2*2-1(3,4)5;/h4*1-5H;2*(H,2,3,4,5);/q;;;;;;+2/p-2. The molecular formula is C20H20Cl2N4NiO8. The van der Waals surface area contributed by atoms with Crippen LogP contribution in [0, 0.1) is 20.5 Å². The molecule has 0 unspecified atom stereocenters. The summed E-state index contributed by atoms with van der Waals surface area (Å²) in [5.74, 6) is 0. The molecule has 12 nitrogen and oxygen atoms in total. The van der Waals surface area contributed by atoms with Crippen molar-refractivity contribution < 1.29 is 74.2 Å². The quantitative estimate of drug-likeness (QED) is 0.179. The van der Waals surface area contributed by atoms with Crippen molar-refractivity contribution >= 4 is 0 Å². The number of rotatable bonds is 0. The molecule has 4 aromatic heterocycles. The number of hydrogen-bond acceptors (Lipinski definition) is 12. The van der Waals surface area contributed by atoms with Crippen LogP contribution in [0.1, 0.15) is 0 Å². The van der Waals surface area contributed by atoms with Crippen LogP contribution in [0.5, 0.6) is 0 Å². The zero-order chi connectivity index (χ0) is 26.0. The van der Waals surface area contributed by atoms with Crippen LogP contribution in [0.15, 0.2) is 122 Å². The van der Waals surface area contributed by atoms with Gasteiger partial charge in [0.05, 0.1) is 0 Å². The molecule has 0 N–H and O–H groups in total. The first-order chi connectivity index (χ1) is 16.0. The van der Waals surface area contributed by atoms with Gasteiger partial charge < -0.3 is 0 Å². The van der Waals surface area contributed by atoms with Crippen LogP contribution in [0.25, 0.3) is 0 Å². The summed E-state index contributed by atoms with van der Waals surface area (Å²) in [7, 11) is -9.89. The van der Waals surface area contributed by atoms with E-state index >= 15 is 0 Å². The third kappa shape index (κ3) is 59.2. The number of pyridine rings is 4. The van der Waals surface area contributed by atoms with Crippen molar-refractivity contribution in [2.45, 2.75) is 0 Å². The number of nitrogens with zero attached hydrogens (tertiary/aromatic N) is 4. The van der Waals surface area contributed by atoms with Gasteiger partial charge in [-0.15, -0.1) is 20.5 Å². The van der Waals surface area contributed by atoms with Gasteiger partial charge in [0.15, 0.2) is 0 Å². The fraction of sp³-hybridized carbons (Fsp3) is 0. The Morgan fingerprint density at radius 3 is 0.429 bits per heavy atom. The van der Waals surface area contributed by atoms with Gasteiger partial charge in [0, 0.05) is 49.6 Å². The smallest absolute Gasteiger partial charge is 0.265 e. The van der Waals surface area contributed by atoms with E-state index in [2.05, 4.69) is 19.9 Å². The predicted octanol–water partition coefficient (Wildman–Crippen LogP) is -5.19. The summed E-state index contributed by atoms with van der Waals surface area (Å²) >= 11 is 0.